The summed E-state index contributed by atoms with van der Waals surface area (Å²) >= 11 is 0. The standard InChI is InChI=1S/C16H24O/c1-13(17)15(2,3)11-12-16(4,5)14-9-7-6-8-10-14/h6-10H,11-12H2,1-5H3. The molecule has 1 aromatic rings. The number of rotatable bonds is 5. The Hall–Kier alpha value is -1.11. The fourth-order valence-corrected chi connectivity index (χ4v) is 1.83. The number of benzene rings is 1. The van der Waals surface area contributed by atoms with Crippen LogP contribution in [-0.2, 0) is 10.2 Å². The van der Waals surface area contributed by atoms with Gasteiger partial charge in [-0.05, 0) is 30.7 Å². The first kappa shape index (κ1) is 14.0. The molecule has 17 heavy (non-hydrogen) atoms. The van der Waals surface area contributed by atoms with Crippen molar-refractivity contribution >= 4 is 5.78 Å². The van der Waals surface area contributed by atoms with Gasteiger partial charge in [0.15, 0.2) is 0 Å². The first-order valence-corrected chi connectivity index (χ1v) is 6.32. The Balaban J connectivity index is 2.72. The smallest absolute Gasteiger partial charge is 0.135 e. The quantitative estimate of drug-likeness (QED) is 0.737. The summed E-state index contributed by atoms with van der Waals surface area (Å²) < 4.78 is 0. The number of hydrogen-bond acceptors (Lipinski definition) is 1. The van der Waals surface area contributed by atoms with Crippen LogP contribution < -0.4 is 0 Å². The molecule has 1 nitrogen and oxygen atoms in total. The fraction of sp³-hybridized carbons (Fsp3) is 0.562. The van der Waals surface area contributed by atoms with Gasteiger partial charge >= 0.3 is 0 Å². The Morgan fingerprint density at radius 1 is 1.00 bits per heavy atom. The Bertz CT molecular complexity index is 374. The van der Waals surface area contributed by atoms with Gasteiger partial charge in [0.25, 0.3) is 0 Å². The lowest BCUT2D eigenvalue weighted by molar-refractivity contribution is -0.125. The molecule has 0 heterocycles. The minimum absolute atomic E-state index is 0.133. The van der Waals surface area contributed by atoms with E-state index >= 15 is 0 Å². The van der Waals surface area contributed by atoms with Gasteiger partial charge in [-0.25, -0.2) is 0 Å². The Labute approximate surface area is 105 Å². The SMILES string of the molecule is CC(=O)C(C)(C)CCC(C)(C)c1ccccc1. The van der Waals surface area contributed by atoms with E-state index in [1.54, 1.807) is 6.92 Å². The van der Waals surface area contributed by atoms with Crippen LogP contribution in [0.5, 0.6) is 0 Å². The molecule has 1 aromatic carbocycles. The summed E-state index contributed by atoms with van der Waals surface area (Å²) in [4.78, 5) is 11.5. The van der Waals surface area contributed by atoms with Crippen molar-refractivity contribution in [1.29, 1.82) is 0 Å². The van der Waals surface area contributed by atoms with Gasteiger partial charge in [-0.1, -0.05) is 58.0 Å². The normalized spacial score (nSPS) is 12.5. The van der Waals surface area contributed by atoms with Crippen LogP contribution in [0.4, 0.5) is 0 Å². The third-order valence-electron chi connectivity index (χ3n) is 3.88. The lowest BCUT2D eigenvalue weighted by atomic mass is 9.74. The van der Waals surface area contributed by atoms with Crippen LogP contribution in [0.2, 0.25) is 0 Å². The molecule has 0 unspecified atom stereocenters. The molecule has 0 saturated carbocycles. The second kappa shape index (κ2) is 5.03. The maximum atomic E-state index is 11.5. The summed E-state index contributed by atoms with van der Waals surface area (Å²) in [6, 6.07) is 10.5. The molecule has 1 heteroatoms. The molecule has 0 N–H and O–H groups in total. The number of ketones is 1. The van der Waals surface area contributed by atoms with Gasteiger partial charge in [0.05, 0.1) is 0 Å². The molecule has 0 bridgehead atoms. The van der Waals surface area contributed by atoms with Gasteiger partial charge in [0.2, 0.25) is 0 Å². The molecule has 0 aliphatic carbocycles. The highest BCUT2D eigenvalue weighted by Gasteiger charge is 2.28. The molecule has 0 atom stereocenters. The molecular weight excluding hydrogens is 208 g/mol. The van der Waals surface area contributed by atoms with Crippen LogP contribution in [0.15, 0.2) is 30.3 Å². The molecule has 0 radical (unpaired) electrons. The van der Waals surface area contributed by atoms with Crippen molar-refractivity contribution in [2.45, 2.75) is 52.9 Å². The van der Waals surface area contributed by atoms with Gasteiger partial charge < -0.3 is 0 Å². The molecule has 0 aliphatic rings. The van der Waals surface area contributed by atoms with Crippen LogP contribution in [0.1, 0.15) is 53.0 Å². The highest BCUT2D eigenvalue weighted by molar-refractivity contribution is 5.81. The molecular formula is C16H24O. The maximum absolute atomic E-state index is 11.5. The molecule has 0 amide bonds. The monoisotopic (exact) mass is 232 g/mol. The summed E-state index contributed by atoms with van der Waals surface area (Å²) in [5, 5.41) is 0. The van der Waals surface area contributed by atoms with E-state index in [9.17, 15) is 4.79 Å². The summed E-state index contributed by atoms with van der Waals surface area (Å²) in [6.07, 6.45) is 1.97. The number of carbonyl (C=O) groups is 1. The average Bonchev–Trinajstić information content (AvgIpc) is 2.28. The van der Waals surface area contributed by atoms with Crippen LogP contribution in [-0.4, -0.2) is 5.78 Å². The first-order chi connectivity index (χ1) is 7.76. The summed E-state index contributed by atoms with van der Waals surface area (Å²) in [5.41, 5.74) is 1.28. The van der Waals surface area contributed by atoms with E-state index in [1.165, 1.54) is 5.56 Å². The predicted molar refractivity (Wildman–Crippen MR) is 73.2 cm³/mol. The minimum atomic E-state index is -0.202. The van der Waals surface area contributed by atoms with Crippen LogP contribution >= 0.6 is 0 Å². The molecule has 0 spiro atoms. The van der Waals surface area contributed by atoms with Crippen molar-refractivity contribution < 1.29 is 4.79 Å². The highest BCUT2D eigenvalue weighted by atomic mass is 16.1. The summed E-state index contributed by atoms with van der Waals surface area (Å²) in [7, 11) is 0. The van der Waals surface area contributed by atoms with Crippen molar-refractivity contribution in [3.8, 4) is 0 Å². The molecule has 94 valence electrons. The summed E-state index contributed by atoms with van der Waals surface area (Å²) in [5.74, 6) is 0.279. The zero-order chi connectivity index (χ0) is 13.1. The van der Waals surface area contributed by atoms with E-state index < -0.39 is 0 Å². The fourth-order valence-electron chi connectivity index (χ4n) is 1.83. The summed E-state index contributed by atoms with van der Waals surface area (Å²) in [6.45, 7) is 10.3. The zero-order valence-corrected chi connectivity index (χ0v) is 11.7. The Morgan fingerprint density at radius 3 is 2.00 bits per heavy atom. The molecule has 0 fully saturated rings. The van der Waals surface area contributed by atoms with Gasteiger partial charge in [0, 0.05) is 5.41 Å². The Kier molecular flexibility index (Phi) is 4.13. The molecule has 0 saturated heterocycles. The third-order valence-corrected chi connectivity index (χ3v) is 3.88. The maximum Gasteiger partial charge on any atom is 0.135 e. The van der Waals surface area contributed by atoms with Crippen molar-refractivity contribution in [3.63, 3.8) is 0 Å². The second-order valence-corrected chi connectivity index (χ2v) is 6.19. The van der Waals surface area contributed by atoms with Crippen molar-refractivity contribution in [3.05, 3.63) is 35.9 Å². The van der Waals surface area contributed by atoms with Gasteiger partial charge in [0.1, 0.15) is 5.78 Å². The van der Waals surface area contributed by atoms with Crippen molar-refractivity contribution in [2.24, 2.45) is 5.41 Å². The van der Waals surface area contributed by atoms with Gasteiger partial charge in [-0.15, -0.1) is 0 Å². The minimum Gasteiger partial charge on any atom is -0.299 e. The lowest BCUT2D eigenvalue weighted by Gasteiger charge is -2.30. The Morgan fingerprint density at radius 2 is 1.53 bits per heavy atom. The van der Waals surface area contributed by atoms with Crippen LogP contribution in [0.3, 0.4) is 0 Å². The van der Waals surface area contributed by atoms with Gasteiger partial charge in [-0.3, -0.25) is 4.79 Å². The topological polar surface area (TPSA) is 17.1 Å². The van der Waals surface area contributed by atoms with E-state index in [0.29, 0.717) is 0 Å². The van der Waals surface area contributed by atoms with E-state index in [4.69, 9.17) is 0 Å². The zero-order valence-electron chi connectivity index (χ0n) is 11.7. The molecule has 0 aromatic heterocycles. The number of Topliss-reactive ketones (excluding diaryl/α,β-unsaturated/α-hetero) is 1. The third kappa shape index (κ3) is 3.69. The molecule has 1 rings (SSSR count). The van der Waals surface area contributed by atoms with E-state index in [-0.39, 0.29) is 16.6 Å². The van der Waals surface area contributed by atoms with E-state index in [1.807, 2.05) is 19.9 Å². The molecule has 0 aliphatic heterocycles. The average molecular weight is 232 g/mol. The number of hydrogen-bond donors (Lipinski definition) is 0. The highest BCUT2D eigenvalue weighted by Crippen LogP contribution is 2.34. The second-order valence-electron chi connectivity index (χ2n) is 6.19. The van der Waals surface area contributed by atoms with E-state index in [2.05, 4.69) is 38.1 Å². The van der Waals surface area contributed by atoms with Gasteiger partial charge in [-0.2, -0.15) is 0 Å². The van der Waals surface area contributed by atoms with Crippen molar-refractivity contribution in [1.82, 2.24) is 0 Å². The van der Waals surface area contributed by atoms with E-state index in [0.717, 1.165) is 12.8 Å². The van der Waals surface area contributed by atoms with Crippen molar-refractivity contribution in [2.75, 3.05) is 0 Å². The van der Waals surface area contributed by atoms with Crippen LogP contribution in [0.25, 0.3) is 0 Å². The lowest BCUT2D eigenvalue weighted by Crippen LogP contribution is -2.26. The number of carbonyl (C=O) groups excluding carboxylic acids is 1. The first-order valence-electron chi connectivity index (χ1n) is 6.32. The largest absolute Gasteiger partial charge is 0.299 e. The predicted octanol–water partition coefficient (Wildman–Crippen LogP) is 4.36. The van der Waals surface area contributed by atoms with Crippen LogP contribution in [0, 0.1) is 5.41 Å².